The molecule has 0 aliphatic carbocycles. The van der Waals surface area contributed by atoms with Gasteiger partial charge in [-0.25, -0.2) is 0 Å². The Hall–Kier alpha value is -1.39. The first-order valence-electron chi connectivity index (χ1n) is 6.00. The maximum atomic E-state index is 11.5. The smallest absolute Gasteiger partial charge is 0.250 e. The van der Waals surface area contributed by atoms with Gasteiger partial charge >= 0.3 is 0 Å². The highest BCUT2D eigenvalue weighted by atomic mass is 16.5. The minimum Gasteiger partial charge on any atom is -0.370 e. The van der Waals surface area contributed by atoms with Crippen molar-refractivity contribution in [2.45, 2.75) is 18.9 Å². The van der Waals surface area contributed by atoms with Crippen LogP contribution in [0.5, 0.6) is 0 Å². The predicted molar refractivity (Wildman–Crippen MR) is 66.9 cm³/mol. The molecule has 4 heteroatoms. The van der Waals surface area contributed by atoms with E-state index in [1.807, 2.05) is 30.3 Å². The van der Waals surface area contributed by atoms with E-state index in [2.05, 4.69) is 10.6 Å². The number of hydrogen-bond donors (Lipinski definition) is 2. The van der Waals surface area contributed by atoms with Gasteiger partial charge in [0.15, 0.2) is 0 Å². The number of para-hydroxylation sites is 1. The molecule has 0 saturated carbocycles. The summed E-state index contributed by atoms with van der Waals surface area (Å²) < 4.78 is 5.38. The van der Waals surface area contributed by atoms with Crippen LogP contribution in [0.2, 0.25) is 0 Å². The van der Waals surface area contributed by atoms with Gasteiger partial charge in [-0.3, -0.25) is 4.79 Å². The molecule has 1 aromatic rings. The van der Waals surface area contributed by atoms with Gasteiger partial charge < -0.3 is 15.4 Å². The molecule has 1 atom stereocenters. The van der Waals surface area contributed by atoms with E-state index in [0.29, 0.717) is 12.6 Å². The van der Waals surface area contributed by atoms with Gasteiger partial charge in [0.05, 0.1) is 6.61 Å². The van der Waals surface area contributed by atoms with Crippen molar-refractivity contribution >= 4 is 11.6 Å². The van der Waals surface area contributed by atoms with Crippen LogP contribution < -0.4 is 10.6 Å². The second-order valence-electron chi connectivity index (χ2n) is 4.22. The topological polar surface area (TPSA) is 50.4 Å². The lowest BCUT2D eigenvalue weighted by atomic mass is 10.2. The number of anilines is 1. The number of carbonyl (C=O) groups is 1. The van der Waals surface area contributed by atoms with E-state index in [-0.39, 0.29) is 12.5 Å². The van der Waals surface area contributed by atoms with E-state index in [9.17, 15) is 4.79 Å². The van der Waals surface area contributed by atoms with E-state index in [1.54, 1.807) is 0 Å². The molecule has 0 bridgehead atoms. The summed E-state index contributed by atoms with van der Waals surface area (Å²) in [5, 5.41) is 6.11. The molecular weight excluding hydrogens is 216 g/mol. The average Bonchev–Trinajstić information content (AvgIpc) is 2.83. The summed E-state index contributed by atoms with van der Waals surface area (Å²) in [5.41, 5.74) is 0.806. The molecule has 1 aliphatic heterocycles. The molecule has 0 spiro atoms. The van der Waals surface area contributed by atoms with Crippen LogP contribution in [0.1, 0.15) is 12.8 Å². The molecule has 1 fully saturated rings. The molecule has 1 aliphatic rings. The van der Waals surface area contributed by atoms with E-state index >= 15 is 0 Å². The molecule has 2 N–H and O–H groups in total. The Morgan fingerprint density at radius 2 is 2.24 bits per heavy atom. The second kappa shape index (κ2) is 6.37. The summed E-state index contributed by atoms with van der Waals surface area (Å²) in [6.07, 6.45) is 2.34. The van der Waals surface area contributed by atoms with Crippen molar-refractivity contribution in [3.8, 4) is 0 Å². The molecule has 0 aromatic heterocycles. The Morgan fingerprint density at radius 3 is 2.94 bits per heavy atom. The van der Waals surface area contributed by atoms with Crippen LogP contribution in [0.15, 0.2) is 30.3 Å². The summed E-state index contributed by atoms with van der Waals surface area (Å²) in [5.74, 6) is -0.103. The molecule has 2 rings (SSSR count). The van der Waals surface area contributed by atoms with Crippen molar-refractivity contribution in [1.82, 2.24) is 5.32 Å². The third-order valence-corrected chi connectivity index (χ3v) is 2.77. The first-order chi connectivity index (χ1) is 8.34. The number of nitrogens with one attached hydrogen (secondary N) is 2. The van der Waals surface area contributed by atoms with Gasteiger partial charge in [-0.05, 0) is 31.5 Å². The summed E-state index contributed by atoms with van der Waals surface area (Å²) in [7, 11) is 0. The van der Waals surface area contributed by atoms with Gasteiger partial charge in [0, 0.05) is 11.7 Å². The van der Waals surface area contributed by atoms with Gasteiger partial charge in [0.2, 0.25) is 5.91 Å². The molecule has 92 valence electrons. The molecule has 1 unspecified atom stereocenters. The van der Waals surface area contributed by atoms with Crippen molar-refractivity contribution in [1.29, 1.82) is 0 Å². The van der Waals surface area contributed by atoms with E-state index in [1.165, 1.54) is 6.42 Å². The van der Waals surface area contributed by atoms with Gasteiger partial charge in [0.1, 0.15) is 6.61 Å². The van der Waals surface area contributed by atoms with Crippen LogP contribution in [0.25, 0.3) is 0 Å². The largest absolute Gasteiger partial charge is 0.370 e. The zero-order chi connectivity index (χ0) is 11.9. The van der Waals surface area contributed by atoms with Crippen molar-refractivity contribution in [3.05, 3.63) is 30.3 Å². The minimum atomic E-state index is -0.103. The second-order valence-corrected chi connectivity index (χ2v) is 4.22. The highest BCUT2D eigenvalue weighted by Crippen LogP contribution is 2.06. The van der Waals surface area contributed by atoms with Gasteiger partial charge in [-0.2, -0.15) is 0 Å². The van der Waals surface area contributed by atoms with Gasteiger partial charge in [0.25, 0.3) is 0 Å². The van der Waals surface area contributed by atoms with Crippen LogP contribution in [0, 0.1) is 0 Å². The highest BCUT2D eigenvalue weighted by molar-refractivity contribution is 5.91. The Labute approximate surface area is 101 Å². The van der Waals surface area contributed by atoms with E-state index < -0.39 is 0 Å². The van der Waals surface area contributed by atoms with Crippen LogP contribution in [-0.2, 0) is 9.53 Å². The summed E-state index contributed by atoms with van der Waals surface area (Å²) in [6.45, 7) is 1.79. The number of ether oxygens (including phenoxy) is 1. The number of carbonyl (C=O) groups excluding carboxylic acids is 1. The quantitative estimate of drug-likeness (QED) is 0.809. The van der Waals surface area contributed by atoms with Crippen LogP contribution >= 0.6 is 0 Å². The lowest BCUT2D eigenvalue weighted by Gasteiger charge is -2.10. The van der Waals surface area contributed by atoms with Crippen LogP contribution in [0.3, 0.4) is 0 Å². The van der Waals surface area contributed by atoms with E-state index in [4.69, 9.17) is 4.74 Å². The number of rotatable bonds is 5. The zero-order valence-corrected chi connectivity index (χ0v) is 9.82. The molecular formula is C13H18N2O2. The Kier molecular flexibility index (Phi) is 4.53. The molecule has 4 nitrogen and oxygen atoms in total. The Morgan fingerprint density at radius 1 is 1.41 bits per heavy atom. The lowest BCUT2D eigenvalue weighted by molar-refractivity contribution is -0.120. The third-order valence-electron chi connectivity index (χ3n) is 2.77. The minimum absolute atomic E-state index is 0.103. The standard InChI is InChI=1S/C13H18N2O2/c16-13(15-11-5-2-1-3-6-11)10-17-9-12-7-4-8-14-12/h1-3,5-6,12,14H,4,7-10H2,(H,15,16). The van der Waals surface area contributed by atoms with Crippen molar-refractivity contribution in [2.24, 2.45) is 0 Å². The summed E-state index contributed by atoms with van der Waals surface area (Å²) >= 11 is 0. The fourth-order valence-electron chi connectivity index (χ4n) is 1.91. The highest BCUT2D eigenvalue weighted by Gasteiger charge is 2.14. The molecule has 1 heterocycles. The van der Waals surface area contributed by atoms with Gasteiger partial charge in [-0.1, -0.05) is 18.2 Å². The van der Waals surface area contributed by atoms with Crippen LogP contribution in [-0.4, -0.2) is 31.7 Å². The Balaban J connectivity index is 1.64. The van der Waals surface area contributed by atoms with Crippen molar-refractivity contribution in [2.75, 3.05) is 25.1 Å². The maximum Gasteiger partial charge on any atom is 0.250 e. The number of benzene rings is 1. The molecule has 17 heavy (non-hydrogen) atoms. The molecule has 1 saturated heterocycles. The Bertz CT molecular complexity index is 348. The maximum absolute atomic E-state index is 11.5. The molecule has 0 radical (unpaired) electrons. The molecule has 1 aromatic carbocycles. The number of hydrogen-bond acceptors (Lipinski definition) is 3. The lowest BCUT2D eigenvalue weighted by Crippen LogP contribution is -2.29. The fourth-order valence-corrected chi connectivity index (χ4v) is 1.91. The SMILES string of the molecule is O=C(COCC1CCCN1)Nc1ccccc1. The first-order valence-corrected chi connectivity index (χ1v) is 6.00. The molecule has 1 amide bonds. The fraction of sp³-hybridized carbons (Fsp3) is 0.462. The zero-order valence-electron chi connectivity index (χ0n) is 9.82. The first kappa shape index (κ1) is 12.1. The summed E-state index contributed by atoms with van der Waals surface area (Å²) in [6, 6.07) is 9.82. The average molecular weight is 234 g/mol. The third kappa shape index (κ3) is 4.17. The summed E-state index contributed by atoms with van der Waals surface area (Å²) in [4.78, 5) is 11.5. The van der Waals surface area contributed by atoms with Gasteiger partial charge in [-0.15, -0.1) is 0 Å². The monoisotopic (exact) mass is 234 g/mol. The van der Waals surface area contributed by atoms with Crippen molar-refractivity contribution in [3.63, 3.8) is 0 Å². The van der Waals surface area contributed by atoms with Crippen LogP contribution in [0.4, 0.5) is 5.69 Å². The van der Waals surface area contributed by atoms with Crippen molar-refractivity contribution < 1.29 is 9.53 Å². The number of amides is 1. The van der Waals surface area contributed by atoms with E-state index in [0.717, 1.165) is 18.7 Å². The normalized spacial score (nSPS) is 19.2. The predicted octanol–water partition coefficient (Wildman–Crippen LogP) is 1.39.